The number of amides is 2. The molecule has 2 heterocycles. The highest BCUT2D eigenvalue weighted by molar-refractivity contribution is 5.89. The van der Waals surface area contributed by atoms with Crippen LogP contribution in [-0.2, 0) is 22.7 Å². The third-order valence-corrected chi connectivity index (χ3v) is 6.50. The Bertz CT molecular complexity index is 1220. The molecule has 1 saturated heterocycles. The number of piperazine rings is 1. The van der Waals surface area contributed by atoms with Crippen LogP contribution in [0.5, 0.6) is 0 Å². The second-order valence-electron chi connectivity index (χ2n) is 9.65. The molecule has 37 heavy (non-hydrogen) atoms. The van der Waals surface area contributed by atoms with Crippen LogP contribution in [0, 0.1) is 17.6 Å². The molecule has 194 valence electrons. The summed E-state index contributed by atoms with van der Waals surface area (Å²) in [6.45, 7) is 6.30. The van der Waals surface area contributed by atoms with Crippen LogP contribution in [-0.4, -0.2) is 56.8 Å². The van der Waals surface area contributed by atoms with Crippen LogP contribution in [0.2, 0.25) is 0 Å². The molecular formula is C28H31F2N5O2. The molecule has 2 atom stereocenters. The van der Waals surface area contributed by atoms with Gasteiger partial charge in [0.05, 0.1) is 0 Å². The van der Waals surface area contributed by atoms with Gasteiger partial charge in [-0.05, 0) is 30.7 Å². The van der Waals surface area contributed by atoms with Crippen molar-refractivity contribution in [1.29, 1.82) is 0 Å². The van der Waals surface area contributed by atoms with E-state index in [0.29, 0.717) is 12.4 Å². The van der Waals surface area contributed by atoms with Gasteiger partial charge < -0.3 is 10.2 Å². The Hall–Kier alpha value is -3.72. The molecule has 1 fully saturated rings. The van der Waals surface area contributed by atoms with E-state index < -0.39 is 17.7 Å². The third kappa shape index (κ3) is 6.17. The Balaban J connectivity index is 1.48. The first-order chi connectivity index (χ1) is 17.7. The molecule has 2 aromatic carbocycles. The van der Waals surface area contributed by atoms with Crippen molar-refractivity contribution in [2.75, 3.05) is 13.1 Å². The van der Waals surface area contributed by atoms with E-state index in [1.54, 1.807) is 37.2 Å². The molecule has 1 aliphatic rings. The normalized spacial score (nSPS) is 18.2. The van der Waals surface area contributed by atoms with Gasteiger partial charge in [-0.3, -0.25) is 14.5 Å². The Morgan fingerprint density at radius 2 is 1.65 bits per heavy atom. The second-order valence-corrected chi connectivity index (χ2v) is 9.65. The van der Waals surface area contributed by atoms with Crippen molar-refractivity contribution in [3.63, 3.8) is 0 Å². The SMILES string of the molecule is CC(C)C(=O)N1[C@H](C)CN(Cc2c(F)cccc2F)C[C@@H]1C(=O)NCc1ccc(-c2ncccn2)cc1. The first-order valence-electron chi connectivity index (χ1n) is 12.4. The Labute approximate surface area is 215 Å². The van der Waals surface area contributed by atoms with Crippen LogP contribution in [0.15, 0.2) is 60.9 Å². The van der Waals surface area contributed by atoms with Crippen LogP contribution < -0.4 is 5.32 Å². The van der Waals surface area contributed by atoms with Gasteiger partial charge in [-0.15, -0.1) is 0 Å². The van der Waals surface area contributed by atoms with Crippen molar-refractivity contribution >= 4 is 11.8 Å². The van der Waals surface area contributed by atoms with Crippen LogP contribution in [0.3, 0.4) is 0 Å². The van der Waals surface area contributed by atoms with Crippen molar-refractivity contribution < 1.29 is 18.4 Å². The lowest BCUT2D eigenvalue weighted by molar-refractivity contribution is -0.150. The fourth-order valence-electron chi connectivity index (χ4n) is 4.62. The maximum absolute atomic E-state index is 14.3. The molecule has 1 aliphatic heterocycles. The summed E-state index contributed by atoms with van der Waals surface area (Å²) >= 11 is 0. The summed E-state index contributed by atoms with van der Waals surface area (Å²) in [4.78, 5) is 38.3. The van der Waals surface area contributed by atoms with Crippen molar-refractivity contribution in [3.05, 3.63) is 83.7 Å². The first kappa shape index (κ1) is 26.3. The summed E-state index contributed by atoms with van der Waals surface area (Å²) in [7, 11) is 0. The molecule has 0 bridgehead atoms. The highest BCUT2D eigenvalue weighted by atomic mass is 19.1. The van der Waals surface area contributed by atoms with Crippen LogP contribution in [0.25, 0.3) is 11.4 Å². The van der Waals surface area contributed by atoms with Crippen molar-refractivity contribution in [2.45, 2.75) is 45.9 Å². The molecule has 7 nitrogen and oxygen atoms in total. The Kier molecular flexibility index (Phi) is 8.23. The van der Waals surface area contributed by atoms with Crippen molar-refractivity contribution in [1.82, 2.24) is 25.1 Å². The molecular weight excluding hydrogens is 476 g/mol. The van der Waals surface area contributed by atoms with E-state index in [-0.39, 0.29) is 49.0 Å². The van der Waals surface area contributed by atoms with Crippen LogP contribution in [0.1, 0.15) is 31.9 Å². The maximum atomic E-state index is 14.3. The Morgan fingerprint density at radius 3 is 2.27 bits per heavy atom. The predicted octanol–water partition coefficient (Wildman–Crippen LogP) is 3.80. The molecule has 0 aliphatic carbocycles. The average Bonchev–Trinajstić information content (AvgIpc) is 2.89. The van der Waals surface area contributed by atoms with Gasteiger partial charge >= 0.3 is 0 Å². The molecule has 9 heteroatoms. The van der Waals surface area contributed by atoms with Gasteiger partial charge in [0, 0.05) is 61.7 Å². The lowest BCUT2D eigenvalue weighted by Gasteiger charge is -2.45. The number of carbonyl (C=O) groups excluding carboxylic acids is 2. The van der Waals surface area contributed by atoms with Gasteiger partial charge in [0.15, 0.2) is 5.82 Å². The van der Waals surface area contributed by atoms with E-state index in [2.05, 4.69) is 15.3 Å². The van der Waals surface area contributed by atoms with Crippen molar-refractivity contribution in [2.24, 2.45) is 5.92 Å². The highest BCUT2D eigenvalue weighted by Crippen LogP contribution is 2.23. The van der Waals surface area contributed by atoms with E-state index in [1.165, 1.54) is 18.2 Å². The number of aromatic nitrogens is 2. The zero-order valence-corrected chi connectivity index (χ0v) is 21.2. The van der Waals surface area contributed by atoms with Crippen LogP contribution >= 0.6 is 0 Å². The van der Waals surface area contributed by atoms with Crippen molar-refractivity contribution in [3.8, 4) is 11.4 Å². The lowest BCUT2D eigenvalue weighted by Crippen LogP contribution is -2.64. The standard InChI is InChI=1S/C28H31F2N5O2/c1-18(2)28(37)35-19(3)15-34(16-22-23(29)6-4-7-24(22)30)17-25(35)27(36)33-14-20-8-10-21(11-9-20)26-31-12-5-13-32-26/h4-13,18-19,25H,14-17H2,1-3H3,(H,33,36)/t19-,25-/m1/s1. The highest BCUT2D eigenvalue weighted by Gasteiger charge is 2.40. The molecule has 4 rings (SSSR count). The van der Waals surface area contributed by atoms with E-state index in [1.807, 2.05) is 36.1 Å². The van der Waals surface area contributed by atoms with Gasteiger partial charge in [0.1, 0.15) is 17.7 Å². The summed E-state index contributed by atoms with van der Waals surface area (Å²) in [5.74, 6) is -1.37. The number of nitrogens with zero attached hydrogens (tertiary/aromatic N) is 4. The average molecular weight is 508 g/mol. The number of benzene rings is 2. The summed E-state index contributed by atoms with van der Waals surface area (Å²) in [6, 6.07) is 12.0. The summed E-state index contributed by atoms with van der Waals surface area (Å²) in [5, 5.41) is 2.94. The monoisotopic (exact) mass is 507 g/mol. The number of hydrogen-bond donors (Lipinski definition) is 1. The molecule has 0 unspecified atom stereocenters. The number of carbonyl (C=O) groups is 2. The molecule has 1 N–H and O–H groups in total. The van der Waals surface area contributed by atoms with Gasteiger partial charge in [-0.1, -0.05) is 44.2 Å². The van der Waals surface area contributed by atoms with Gasteiger partial charge in [-0.25, -0.2) is 18.7 Å². The van der Waals surface area contributed by atoms with Crippen LogP contribution in [0.4, 0.5) is 8.78 Å². The maximum Gasteiger partial charge on any atom is 0.244 e. The molecule has 0 radical (unpaired) electrons. The minimum absolute atomic E-state index is 0.0132. The number of nitrogens with one attached hydrogen (secondary N) is 1. The fourth-order valence-corrected chi connectivity index (χ4v) is 4.62. The number of rotatable bonds is 7. The molecule has 3 aromatic rings. The second kappa shape index (κ2) is 11.6. The molecule has 0 spiro atoms. The quantitative estimate of drug-likeness (QED) is 0.527. The summed E-state index contributed by atoms with van der Waals surface area (Å²) in [5.41, 5.74) is 1.70. The smallest absolute Gasteiger partial charge is 0.244 e. The fraction of sp³-hybridized carbons (Fsp3) is 0.357. The first-order valence-corrected chi connectivity index (χ1v) is 12.4. The minimum atomic E-state index is -0.787. The van der Waals surface area contributed by atoms with E-state index in [4.69, 9.17) is 0 Å². The minimum Gasteiger partial charge on any atom is -0.350 e. The van der Waals surface area contributed by atoms with Gasteiger partial charge in [-0.2, -0.15) is 0 Å². The Morgan fingerprint density at radius 1 is 1.00 bits per heavy atom. The zero-order chi connectivity index (χ0) is 26.5. The predicted molar refractivity (Wildman–Crippen MR) is 136 cm³/mol. The zero-order valence-electron chi connectivity index (χ0n) is 21.2. The molecule has 1 aromatic heterocycles. The molecule has 2 amide bonds. The number of halogens is 2. The third-order valence-electron chi connectivity index (χ3n) is 6.50. The topological polar surface area (TPSA) is 78.4 Å². The van der Waals surface area contributed by atoms with Gasteiger partial charge in [0.25, 0.3) is 0 Å². The summed E-state index contributed by atoms with van der Waals surface area (Å²) in [6.07, 6.45) is 3.35. The molecule has 0 saturated carbocycles. The lowest BCUT2D eigenvalue weighted by atomic mass is 10.0. The summed E-state index contributed by atoms with van der Waals surface area (Å²) < 4.78 is 28.6. The van der Waals surface area contributed by atoms with E-state index >= 15 is 0 Å². The largest absolute Gasteiger partial charge is 0.350 e. The van der Waals surface area contributed by atoms with Gasteiger partial charge in [0.2, 0.25) is 11.8 Å². The van der Waals surface area contributed by atoms with E-state index in [9.17, 15) is 18.4 Å². The van der Waals surface area contributed by atoms with E-state index in [0.717, 1.165) is 11.1 Å². The number of hydrogen-bond acceptors (Lipinski definition) is 5.